The predicted molar refractivity (Wildman–Crippen MR) is 77.4 cm³/mol. The normalized spacial score (nSPS) is 13.8. The van der Waals surface area contributed by atoms with Gasteiger partial charge in [0.1, 0.15) is 17.2 Å². The van der Waals surface area contributed by atoms with Crippen LogP contribution in [0.2, 0.25) is 0 Å². The predicted octanol–water partition coefficient (Wildman–Crippen LogP) is 3.79. The molecule has 20 heavy (non-hydrogen) atoms. The Hall–Kier alpha value is -1.87. The maximum atomic E-state index is 13.7. The highest BCUT2D eigenvalue weighted by Gasteiger charge is 2.26. The van der Waals surface area contributed by atoms with Gasteiger partial charge in [-0.25, -0.2) is 4.39 Å². The van der Waals surface area contributed by atoms with Crippen molar-refractivity contribution in [1.29, 1.82) is 0 Å². The Morgan fingerprint density at radius 2 is 1.85 bits per heavy atom. The highest BCUT2D eigenvalue weighted by molar-refractivity contribution is 5.40. The minimum absolute atomic E-state index is 0.316. The minimum Gasteiger partial charge on any atom is -0.494 e. The lowest BCUT2D eigenvalue weighted by Crippen LogP contribution is -2.23. The van der Waals surface area contributed by atoms with E-state index in [9.17, 15) is 9.50 Å². The van der Waals surface area contributed by atoms with Gasteiger partial charge in [0, 0.05) is 0 Å². The first kappa shape index (κ1) is 14.5. The summed E-state index contributed by atoms with van der Waals surface area (Å²) in [7, 11) is 0. The molecule has 0 aromatic heterocycles. The number of rotatable bonds is 4. The van der Waals surface area contributed by atoms with Crippen LogP contribution in [-0.4, -0.2) is 11.7 Å². The molecule has 2 nitrogen and oxygen atoms in total. The van der Waals surface area contributed by atoms with E-state index < -0.39 is 5.60 Å². The third-order valence-corrected chi connectivity index (χ3v) is 3.44. The van der Waals surface area contributed by atoms with Gasteiger partial charge in [-0.1, -0.05) is 24.3 Å². The molecule has 3 heteroatoms. The highest BCUT2D eigenvalue weighted by atomic mass is 19.1. The zero-order chi connectivity index (χ0) is 14.8. The Labute approximate surface area is 118 Å². The second kappa shape index (κ2) is 5.63. The van der Waals surface area contributed by atoms with Crippen LogP contribution in [0, 0.1) is 12.7 Å². The maximum absolute atomic E-state index is 13.7. The first-order valence-corrected chi connectivity index (χ1v) is 6.67. The van der Waals surface area contributed by atoms with Gasteiger partial charge < -0.3 is 9.84 Å². The van der Waals surface area contributed by atoms with Gasteiger partial charge in [-0.15, -0.1) is 0 Å². The van der Waals surface area contributed by atoms with Gasteiger partial charge in [-0.05, 0) is 55.7 Å². The van der Waals surface area contributed by atoms with E-state index in [0.717, 1.165) is 0 Å². The van der Waals surface area contributed by atoms with Gasteiger partial charge in [0.05, 0.1) is 6.61 Å². The Kier molecular flexibility index (Phi) is 4.09. The zero-order valence-corrected chi connectivity index (χ0v) is 12.0. The lowest BCUT2D eigenvalue weighted by Gasteiger charge is -2.25. The van der Waals surface area contributed by atoms with E-state index in [2.05, 4.69) is 0 Å². The average Bonchev–Trinajstić information content (AvgIpc) is 2.42. The molecule has 0 spiro atoms. The molecule has 1 atom stereocenters. The molecule has 0 saturated heterocycles. The molecule has 1 N–H and O–H groups in total. The molecule has 106 valence electrons. The van der Waals surface area contributed by atoms with Crippen molar-refractivity contribution in [3.63, 3.8) is 0 Å². The lowest BCUT2D eigenvalue weighted by atomic mass is 9.87. The van der Waals surface area contributed by atoms with E-state index in [1.165, 1.54) is 6.07 Å². The lowest BCUT2D eigenvalue weighted by molar-refractivity contribution is 0.101. The van der Waals surface area contributed by atoms with Gasteiger partial charge in [0.2, 0.25) is 0 Å². The van der Waals surface area contributed by atoms with Crippen LogP contribution in [-0.2, 0) is 5.60 Å². The molecule has 0 aliphatic rings. The van der Waals surface area contributed by atoms with Crippen molar-refractivity contribution in [3.05, 3.63) is 65.0 Å². The molecule has 2 aromatic rings. The first-order valence-electron chi connectivity index (χ1n) is 6.67. The number of aryl methyl sites for hydroxylation is 1. The van der Waals surface area contributed by atoms with Crippen molar-refractivity contribution < 1.29 is 14.2 Å². The smallest absolute Gasteiger partial charge is 0.126 e. The van der Waals surface area contributed by atoms with Crippen LogP contribution in [0.1, 0.15) is 30.5 Å². The molecule has 0 radical (unpaired) electrons. The third-order valence-electron chi connectivity index (χ3n) is 3.44. The largest absolute Gasteiger partial charge is 0.494 e. The fraction of sp³-hybridized carbons (Fsp3) is 0.294. The molecule has 0 aliphatic carbocycles. The molecule has 1 unspecified atom stereocenters. The summed E-state index contributed by atoms with van der Waals surface area (Å²) in [6, 6.07) is 12.0. The van der Waals surface area contributed by atoms with Crippen LogP contribution in [0.4, 0.5) is 4.39 Å². The summed E-state index contributed by atoms with van der Waals surface area (Å²) in [6.07, 6.45) is 0. The summed E-state index contributed by atoms with van der Waals surface area (Å²) in [6.45, 7) is 5.82. The van der Waals surface area contributed by atoms with Crippen LogP contribution in [0.5, 0.6) is 5.75 Å². The molecule has 2 aromatic carbocycles. The van der Waals surface area contributed by atoms with E-state index >= 15 is 0 Å². The van der Waals surface area contributed by atoms with Gasteiger partial charge >= 0.3 is 0 Å². The second-order valence-electron chi connectivity index (χ2n) is 5.00. The quantitative estimate of drug-likeness (QED) is 0.919. The number of hydrogen-bond acceptors (Lipinski definition) is 2. The Balaban J connectivity index is 2.42. The molecule has 0 aliphatic heterocycles. The van der Waals surface area contributed by atoms with Crippen LogP contribution in [0.25, 0.3) is 0 Å². The van der Waals surface area contributed by atoms with Crippen molar-refractivity contribution in [3.8, 4) is 5.75 Å². The van der Waals surface area contributed by atoms with Crippen molar-refractivity contribution >= 4 is 0 Å². The average molecular weight is 274 g/mol. The van der Waals surface area contributed by atoms with Crippen molar-refractivity contribution in [2.45, 2.75) is 26.4 Å². The molecule has 0 saturated carbocycles. The summed E-state index contributed by atoms with van der Waals surface area (Å²) in [5.74, 6) is 0.376. The Morgan fingerprint density at radius 3 is 2.50 bits per heavy atom. The summed E-state index contributed by atoms with van der Waals surface area (Å²) in [4.78, 5) is 0. The van der Waals surface area contributed by atoms with Crippen LogP contribution in [0.3, 0.4) is 0 Å². The van der Waals surface area contributed by atoms with Gasteiger partial charge in [0.25, 0.3) is 0 Å². The van der Waals surface area contributed by atoms with Crippen molar-refractivity contribution in [1.82, 2.24) is 0 Å². The first-order chi connectivity index (χ1) is 9.45. The molecule has 0 fully saturated rings. The van der Waals surface area contributed by atoms with Crippen LogP contribution in [0.15, 0.2) is 42.5 Å². The van der Waals surface area contributed by atoms with Crippen molar-refractivity contribution in [2.75, 3.05) is 6.61 Å². The minimum atomic E-state index is -1.26. The Morgan fingerprint density at radius 1 is 1.15 bits per heavy atom. The molecule has 0 bridgehead atoms. The highest BCUT2D eigenvalue weighted by Crippen LogP contribution is 2.31. The van der Waals surface area contributed by atoms with Crippen molar-refractivity contribution in [2.24, 2.45) is 0 Å². The third kappa shape index (κ3) is 2.83. The summed E-state index contributed by atoms with van der Waals surface area (Å²) < 4.78 is 19.1. The fourth-order valence-corrected chi connectivity index (χ4v) is 2.12. The molecule has 0 amide bonds. The Bertz CT molecular complexity index is 606. The monoisotopic (exact) mass is 274 g/mol. The number of benzene rings is 2. The summed E-state index contributed by atoms with van der Waals surface area (Å²) >= 11 is 0. The van der Waals surface area contributed by atoms with E-state index in [4.69, 9.17) is 4.74 Å². The standard InChI is InChI=1S/C17H19FO2/c1-4-20-15-7-5-6-13(10-15)17(3,19)14-9-8-12(2)16(18)11-14/h5-11,19H,4H2,1-3H3. The summed E-state index contributed by atoms with van der Waals surface area (Å²) in [5.41, 5.74) is 0.496. The van der Waals surface area contributed by atoms with Crippen LogP contribution < -0.4 is 4.74 Å². The number of ether oxygens (including phenoxy) is 1. The van der Waals surface area contributed by atoms with E-state index in [-0.39, 0.29) is 5.82 Å². The van der Waals surface area contributed by atoms with E-state index in [0.29, 0.717) is 29.0 Å². The summed E-state index contributed by atoms with van der Waals surface area (Å²) in [5, 5.41) is 10.7. The molecular formula is C17H19FO2. The topological polar surface area (TPSA) is 29.5 Å². The maximum Gasteiger partial charge on any atom is 0.126 e. The number of halogens is 1. The van der Waals surface area contributed by atoms with E-state index in [1.54, 1.807) is 38.1 Å². The molecule has 2 rings (SSSR count). The zero-order valence-electron chi connectivity index (χ0n) is 12.0. The van der Waals surface area contributed by atoms with Gasteiger partial charge in [-0.3, -0.25) is 0 Å². The number of hydrogen-bond donors (Lipinski definition) is 1. The molecule has 0 heterocycles. The van der Waals surface area contributed by atoms with E-state index in [1.807, 2.05) is 19.1 Å². The van der Waals surface area contributed by atoms with Gasteiger partial charge in [-0.2, -0.15) is 0 Å². The second-order valence-corrected chi connectivity index (χ2v) is 5.00. The van der Waals surface area contributed by atoms with Crippen LogP contribution >= 0.6 is 0 Å². The fourth-order valence-electron chi connectivity index (χ4n) is 2.12. The molecular weight excluding hydrogens is 255 g/mol. The van der Waals surface area contributed by atoms with Gasteiger partial charge in [0.15, 0.2) is 0 Å². The number of aliphatic hydroxyl groups is 1. The SMILES string of the molecule is CCOc1cccc(C(C)(O)c2ccc(C)c(F)c2)c1.